The van der Waals surface area contributed by atoms with Gasteiger partial charge in [0.25, 0.3) is 5.91 Å². The van der Waals surface area contributed by atoms with E-state index in [0.29, 0.717) is 5.92 Å². The summed E-state index contributed by atoms with van der Waals surface area (Å²) >= 11 is 3.39. The fourth-order valence-corrected chi connectivity index (χ4v) is 2.52. The number of ether oxygens (including phenoxy) is 1. The fourth-order valence-electron chi connectivity index (χ4n) is 2.12. The van der Waals surface area contributed by atoms with Crippen LogP contribution in [-0.4, -0.2) is 12.0 Å². The molecule has 0 fully saturated rings. The smallest absolute Gasteiger partial charge is 0.265 e. The molecule has 2 rings (SSSR count). The van der Waals surface area contributed by atoms with Crippen LogP contribution in [-0.2, 0) is 4.79 Å². The van der Waals surface area contributed by atoms with Crippen molar-refractivity contribution in [3.63, 3.8) is 0 Å². The molecule has 22 heavy (non-hydrogen) atoms. The first-order valence-corrected chi connectivity index (χ1v) is 8.08. The van der Waals surface area contributed by atoms with E-state index in [1.807, 2.05) is 48.5 Å². The molecule has 2 aromatic carbocycles. The molecule has 2 aromatic rings. The van der Waals surface area contributed by atoms with Gasteiger partial charge in [-0.3, -0.25) is 4.79 Å². The molecule has 0 aliphatic rings. The molecular formula is C18H20BrNO2. The molecular weight excluding hydrogens is 342 g/mol. The van der Waals surface area contributed by atoms with Gasteiger partial charge in [-0.1, -0.05) is 54.0 Å². The third kappa shape index (κ3) is 4.34. The normalized spacial score (nSPS) is 12.0. The van der Waals surface area contributed by atoms with Crippen molar-refractivity contribution in [3.8, 4) is 5.75 Å². The third-order valence-corrected chi connectivity index (χ3v) is 3.80. The van der Waals surface area contributed by atoms with Crippen LogP contribution < -0.4 is 10.1 Å². The van der Waals surface area contributed by atoms with E-state index in [1.54, 1.807) is 6.92 Å². The Bertz CT molecular complexity index is 655. The maximum absolute atomic E-state index is 12.3. The quantitative estimate of drug-likeness (QED) is 0.815. The van der Waals surface area contributed by atoms with Crippen LogP contribution in [0.2, 0.25) is 0 Å². The summed E-state index contributed by atoms with van der Waals surface area (Å²) < 4.78 is 6.77. The molecule has 1 amide bonds. The van der Waals surface area contributed by atoms with Gasteiger partial charge in [-0.05, 0) is 42.7 Å². The van der Waals surface area contributed by atoms with Crippen LogP contribution in [0, 0.1) is 0 Å². The van der Waals surface area contributed by atoms with Crippen molar-refractivity contribution in [2.24, 2.45) is 0 Å². The first kappa shape index (κ1) is 16.6. The second kappa shape index (κ2) is 7.45. The molecule has 0 aliphatic heterocycles. The van der Waals surface area contributed by atoms with Gasteiger partial charge in [0.2, 0.25) is 0 Å². The number of halogens is 1. The zero-order chi connectivity index (χ0) is 16.1. The zero-order valence-electron chi connectivity index (χ0n) is 13.0. The van der Waals surface area contributed by atoms with Crippen molar-refractivity contribution in [1.82, 2.24) is 0 Å². The number of carbonyl (C=O) groups excluding carboxylic acids is 1. The highest BCUT2D eigenvalue weighted by Gasteiger charge is 2.17. The lowest BCUT2D eigenvalue weighted by Crippen LogP contribution is -2.30. The molecule has 3 nitrogen and oxygen atoms in total. The van der Waals surface area contributed by atoms with E-state index < -0.39 is 6.10 Å². The maximum Gasteiger partial charge on any atom is 0.265 e. The molecule has 116 valence electrons. The lowest BCUT2D eigenvalue weighted by molar-refractivity contribution is -0.122. The van der Waals surface area contributed by atoms with Crippen LogP contribution in [0.4, 0.5) is 5.69 Å². The van der Waals surface area contributed by atoms with Gasteiger partial charge < -0.3 is 10.1 Å². The zero-order valence-corrected chi connectivity index (χ0v) is 14.6. The average molecular weight is 362 g/mol. The number of para-hydroxylation sites is 1. The highest BCUT2D eigenvalue weighted by molar-refractivity contribution is 9.10. The van der Waals surface area contributed by atoms with Crippen LogP contribution in [0.1, 0.15) is 32.3 Å². The Hall–Kier alpha value is -1.81. The standard InChI is InChI=1S/C18H20BrNO2/c1-12(2)16-9-4-5-10-17(16)22-13(3)18(21)20-15-8-6-7-14(19)11-15/h4-13H,1-3H3,(H,20,21)/t13-/m0/s1. The van der Waals surface area contributed by atoms with Gasteiger partial charge in [0.15, 0.2) is 6.10 Å². The predicted molar refractivity (Wildman–Crippen MR) is 93.4 cm³/mol. The molecule has 0 radical (unpaired) electrons. The summed E-state index contributed by atoms with van der Waals surface area (Å²) in [7, 11) is 0. The van der Waals surface area contributed by atoms with E-state index in [1.165, 1.54) is 0 Å². The van der Waals surface area contributed by atoms with Crippen LogP contribution >= 0.6 is 15.9 Å². The topological polar surface area (TPSA) is 38.3 Å². The van der Waals surface area contributed by atoms with Crippen molar-refractivity contribution in [2.75, 3.05) is 5.32 Å². The summed E-state index contributed by atoms with van der Waals surface area (Å²) in [6.07, 6.45) is -0.570. The molecule has 0 aromatic heterocycles. The number of amides is 1. The number of benzene rings is 2. The molecule has 0 spiro atoms. The van der Waals surface area contributed by atoms with Crippen molar-refractivity contribution in [2.45, 2.75) is 32.8 Å². The Labute approximate surface area is 139 Å². The van der Waals surface area contributed by atoms with E-state index >= 15 is 0 Å². The van der Waals surface area contributed by atoms with Gasteiger partial charge in [-0.25, -0.2) is 0 Å². The van der Waals surface area contributed by atoms with Gasteiger partial charge in [-0.15, -0.1) is 0 Å². The first-order valence-electron chi connectivity index (χ1n) is 7.29. The number of hydrogen-bond donors (Lipinski definition) is 1. The second-order valence-electron chi connectivity index (χ2n) is 5.45. The van der Waals surface area contributed by atoms with E-state index in [-0.39, 0.29) is 5.91 Å². The molecule has 1 atom stereocenters. The largest absolute Gasteiger partial charge is 0.481 e. The van der Waals surface area contributed by atoms with Crippen molar-refractivity contribution < 1.29 is 9.53 Å². The molecule has 0 unspecified atom stereocenters. The van der Waals surface area contributed by atoms with Gasteiger partial charge in [0, 0.05) is 10.2 Å². The minimum absolute atomic E-state index is 0.170. The number of anilines is 1. The lowest BCUT2D eigenvalue weighted by atomic mass is 10.0. The Kier molecular flexibility index (Phi) is 5.61. The summed E-state index contributed by atoms with van der Waals surface area (Å²) in [5.74, 6) is 0.933. The Morgan fingerprint density at radius 2 is 1.82 bits per heavy atom. The fraction of sp³-hybridized carbons (Fsp3) is 0.278. The van der Waals surface area contributed by atoms with Crippen LogP contribution in [0.5, 0.6) is 5.75 Å². The SMILES string of the molecule is CC(C)c1ccccc1O[C@@H](C)C(=O)Nc1cccc(Br)c1. The summed E-state index contributed by atoms with van der Waals surface area (Å²) in [4.78, 5) is 12.3. The summed E-state index contributed by atoms with van der Waals surface area (Å²) in [5.41, 5.74) is 1.84. The molecule has 0 bridgehead atoms. The van der Waals surface area contributed by atoms with Crippen LogP contribution in [0.25, 0.3) is 0 Å². The molecule has 0 saturated carbocycles. The van der Waals surface area contributed by atoms with Crippen molar-refractivity contribution in [1.29, 1.82) is 0 Å². The monoisotopic (exact) mass is 361 g/mol. The van der Waals surface area contributed by atoms with Crippen molar-refractivity contribution >= 4 is 27.5 Å². The number of hydrogen-bond acceptors (Lipinski definition) is 2. The summed E-state index contributed by atoms with van der Waals surface area (Å²) in [6, 6.07) is 15.3. The maximum atomic E-state index is 12.3. The molecule has 0 saturated heterocycles. The van der Waals surface area contributed by atoms with Crippen LogP contribution in [0.15, 0.2) is 53.0 Å². The molecule has 1 N–H and O–H groups in total. The highest BCUT2D eigenvalue weighted by Crippen LogP contribution is 2.27. The molecule has 0 heterocycles. The summed E-state index contributed by atoms with van der Waals surface area (Å²) in [6.45, 7) is 5.97. The van der Waals surface area contributed by atoms with Gasteiger partial charge in [-0.2, -0.15) is 0 Å². The van der Waals surface area contributed by atoms with E-state index in [0.717, 1.165) is 21.5 Å². The number of nitrogens with one attached hydrogen (secondary N) is 1. The van der Waals surface area contributed by atoms with Crippen LogP contribution in [0.3, 0.4) is 0 Å². The first-order chi connectivity index (χ1) is 10.5. The predicted octanol–water partition coefficient (Wildman–Crippen LogP) is 4.98. The third-order valence-electron chi connectivity index (χ3n) is 3.31. The van der Waals surface area contributed by atoms with Gasteiger partial charge in [0.1, 0.15) is 5.75 Å². The minimum Gasteiger partial charge on any atom is -0.481 e. The van der Waals surface area contributed by atoms with E-state index in [4.69, 9.17) is 4.74 Å². The molecule has 0 aliphatic carbocycles. The number of carbonyl (C=O) groups is 1. The lowest BCUT2D eigenvalue weighted by Gasteiger charge is -2.18. The Balaban J connectivity index is 2.06. The highest BCUT2D eigenvalue weighted by atomic mass is 79.9. The van der Waals surface area contributed by atoms with Crippen molar-refractivity contribution in [3.05, 3.63) is 58.6 Å². The van der Waals surface area contributed by atoms with Gasteiger partial charge in [0.05, 0.1) is 0 Å². The Morgan fingerprint density at radius 1 is 1.09 bits per heavy atom. The number of rotatable bonds is 5. The minimum atomic E-state index is -0.570. The van der Waals surface area contributed by atoms with E-state index in [9.17, 15) is 4.79 Å². The van der Waals surface area contributed by atoms with E-state index in [2.05, 4.69) is 35.1 Å². The Morgan fingerprint density at radius 3 is 2.50 bits per heavy atom. The average Bonchev–Trinajstić information content (AvgIpc) is 2.47. The van der Waals surface area contributed by atoms with Gasteiger partial charge >= 0.3 is 0 Å². The second-order valence-corrected chi connectivity index (χ2v) is 6.37. The summed E-state index contributed by atoms with van der Waals surface area (Å²) in [5, 5.41) is 2.86. The molecule has 4 heteroatoms.